The van der Waals surface area contributed by atoms with E-state index in [2.05, 4.69) is 4.74 Å². The predicted molar refractivity (Wildman–Crippen MR) is 104 cm³/mol. The zero-order valence-electron chi connectivity index (χ0n) is 15.5. The van der Waals surface area contributed by atoms with Crippen LogP contribution in [0.4, 0.5) is 0 Å². The zero-order valence-corrected chi connectivity index (χ0v) is 17.0. The molecule has 1 saturated heterocycles. The molecule has 0 bridgehead atoms. The lowest BCUT2D eigenvalue weighted by molar-refractivity contribution is -0.168. The van der Waals surface area contributed by atoms with Gasteiger partial charge in [-0.25, -0.2) is 4.79 Å². The molecule has 0 amide bonds. The number of hydrogen-bond donors (Lipinski definition) is 1. The molecule has 0 unspecified atom stereocenters. The standard InChI is InChI=1S/C20H26Cl2O5/c1-26-19(24)20(25)13-18(23)27-17(20)9-7-5-3-2-4-6-8-14-10-11-15(21)12-16(14)22/h10-12,17,25H,2-9,13H2,1H3/t17-,20-/m1/s1. The number of ether oxygens (including phenoxy) is 2. The second kappa shape index (κ2) is 10.3. The Labute approximate surface area is 169 Å². The summed E-state index contributed by atoms with van der Waals surface area (Å²) in [6.07, 6.45) is 6.27. The zero-order chi connectivity index (χ0) is 19.9. The number of rotatable bonds is 10. The summed E-state index contributed by atoms with van der Waals surface area (Å²) in [5.74, 6) is -1.37. The van der Waals surface area contributed by atoms with Crippen LogP contribution in [-0.2, 0) is 25.5 Å². The number of carbonyl (C=O) groups excluding carboxylic acids is 2. The number of benzene rings is 1. The van der Waals surface area contributed by atoms with Gasteiger partial charge in [0.2, 0.25) is 5.60 Å². The molecule has 0 saturated carbocycles. The van der Waals surface area contributed by atoms with Gasteiger partial charge in [-0.05, 0) is 43.4 Å². The molecule has 7 heteroatoms. The van der Waals surface area contributed by atoms with E-state index in [-0.39, 0.29) is 6.42 Å². The second-order valence-corrected chi connectivity index (χ2v) is 7.81. The maximum absolute atomic E-state index is 11.7. The van der Waals surface area contributed by atoms with Crippen LogP contribution in [0, 0.1) is 0 Å². The van der Waals surface area contributed by atoms with Gasteiger partial charge in [0.1, 0.15) is 6.10 Å². The fourth-order valence-electron chi connectivity index (χ4n) is 3.39. The lowest BCUT2D eigenvalue weighted by atomic mass is 9.91. The van der Waals surface area contributed by atoms with E-state index < -0.39 is 23.6 Å². The predicted octanol–water partition coefficient (Wildman–Crippen LogP) is 4.49. The molecular weight excluding hydrogens is 391 g/mol. The van der Waals surface area contributed by atoms with Crippen molar-refractivity contribution in [1.82, 2.24) is 0 Å². The van der Waals surface area contributed by atoms with Gasteiger partial charge in [0, 0.05) is 10.0 Å². The summed E-state index contributed by atoms with van der Waals surface area (Å²) in [7, 11) is 1.19. The van der Waals surface area contributed by atoms with Gasteiger partial charge >= 0.3 is 11.9 Å². The molecule has 1 fully saturated rings. The van der Waals surface area contributed by atoms with Crippen LogP contribution in [0.2, 0.25) is 10.0 Å². The minimum absolute atomic E-state index is 0.336. The number of halogens is 2. The van der Waals surface area contributed by atoms with Crippen LogP contribution in [-0.4, -0.2) is 35.9 Å². The number of aliphatic hydroxyl groups is 1. The average Bonchev–Trinajstić information content (AvgIpc) is 2.92. The van der Waals surface area contributed by atoms with Crippen molar-refractivity contribution in [3.8, 4) is 0 Å². The highest BCUT2D eigenvalue weighted by atomic mass is 35.5. The first-order valence-electron chi connectivity index (χ1n) is 9.31. The van der Waals surface area contributed by atoms with E-state index in [1.54, 1.807) is 6.07 Å². The van der Waals surface area contributed by atoms with E-state index in [9.17, 15) is 14.7 Å². The highest BCUT2D eigenvalue weighted by Crippen LogP contribution is 2.32. The molecule has 1 aromatic carbocycles. The van der Waals surface area contributed by atoms with E-state index in [4.69, 9.17) is 27.9 Å². The Balaban J connectivity index is 1.60. The quantitative estimate of drug-likeness (QED) is 0.449. The van der Waals surface area contributed by atoms with Crippen LogP contribution in [0.1, 0.15) is 56.9 Å². The molecular formula is C20H26Cl2O5. The number of esters is 2. The molecule has 1 N–H and O–H groups in total. The van der Waals surface area contributed by atoms with Gasteiger partial charge in [0.15, 0.2) is 0 Å². The van der Waals surface area contributed by atoms with Crippen LogP contribution < -0.4 is 0 Å². The molecule has 0 aliphatic carbocycles. The largest absolute Gasteiger partial charge is 0.467 e. The number of hydrogen-bond acceptors (Lipinski definition) is 5. The Hall–Kier alpha value is -1.30. The van der Waals surface area contributed by atoms with E-state index in [1.165, 1.54) is 7.11 Å². The maximum Gasteiger partial charge on any atom is 0.342 e. The van der Waals surface area contributed by atoms with Gasteiger partial charge in [-0.1, -0.05) is 55.0 Å². The van der Waals surface area contributed by atoms with Crippen LogP contribution in [0.25, 0.3) is 0 Å². The minimum atomic E-state index is -1.84. The van der Waals surface area contributed by atoms with Gasteiger partial charge in [0.25, 0.3) is 0 Å². The number of cyclic esters (lactones) is 1. The van der Waals surface area contributed by atoms with E-state index in [0.717, 1.165) is 50.5 Å². The lowest BCUT2D eigenvalue weighted by Gasteiger charge is -2.24. The first-order valence-corrected chi connectivity index (χ1v) is 10.1. The summed E-state index contributed by atoms with van der Waals surface area (Å²) in [5, 5.41) is 11.7. The van der Waals surface area contributed by atoms with Crippen molar-refractivity contribution in [3.05, 3.63) is 33.8 Å². The third-order valence-corrected chi connectivity index (χ3v) is 5.52. The van der Waals surface area contributed by atoms with Crippen LogP contribution in [0.3, 0.4) is 0 Å². The fraction of sp³-hybridized carbons (Fsp3) is 0.600. The Bertz CT molecular complexity index is 664. The summed E-state index contributed by atoms with van der Waals surface area (Å²) >= 11 is 12.1. The molecule has 2 atom stereocenters. The van der Waals surface area contributed by atoms with Gasteiger partial charge in [0.05, 0.1) is 13.5 Å². The molecule has 1 aliphatic heterocycles. The van der Waals surface area contributed by atoms with Crippen molar-refractivity contribution in [3.63, 3.8) is 0 Å². The monoisotopic (exact) mass is 416 g/mol. The Kier molecular flexibility index (Phi) is 8.39. The van der Waals surface area contributed by atoms with Gasteiger partial charge in [-0.2, -0.15) is 0 Å². The third kappa shape index (κ3) is 6.09. The molecule has 0 radical (unpaired) electrons. The second-order valence-electron chi connectivity index (χ2n) is 6.97. The van der Waals surface area contributed by atoms with Crippen molar-refractivity contribution in [2.24, 2.45) is 0 Å². The summed E-state index contributed by atoms with van der Waals surface area (Å²) in [5.41, 5.74) is -0.727. The first-order chi connectivity index (χ1) is 12.9. The Morgan fingerprint density at radius 3 is 2.56 bits per heavy atom. The minimum Gasteiger partial charge on any atom is -0.467 e. The summed E-state index contributed by atoms with van der Waals surface area (Å²) < 4.78 is 9.70. The van der Waals surface area contributed by atoms with Crippen molar-refractivity contribution in [2.45, 2.75) is 69.5 Å². The molecule has 1 aliphatic rings. The molecule has 1 heterocycles. The van der Waals surface area contributed by atoms with Crippen LogP contribution >= 0.6 is 23.2 Å². The topological polar surface area (TPSA) is 72.8 Å². The molecule has 2 rings (SSSR count). The molecule has 0 spiro atoms. The SMILES string of the molecule is COC(=O)[C@@]1(O)CC(=O)O[C@@H]1CCCCCCCCc1ccc(Cl)cc1Cl. The third-order valence-electron chi connectivity index (χ3n) is 4.94. The number of carbonyl (C=O) groups is 2. The van der Waals surface area contributed by atoms with Gasteiger partial charge in [-0.3, -0.25) is 4.79 Å². The first kappa shape index (κ1) is 22.0. The molecule has 0 aromatic heterocycles. The lowest BCUT2D eigenvalue weighted by Crippen LogP contribution is -2.46. The summed E-state index contributed by atoms with van der Waals surface area (Å²) in [6.45, 7) is 0. The number of unbranched alkanes of at least 4 members (excludes halogenated alkanes) is 5. The van der Waals surface area contributed by atoms with Gasteiger partial charge < -0.3 is 14.6 Å². The fourth-order valence-corrected chi connectivity index (χ4v) is 3.89. The molecule has 1 aromatic rings. The maximum atomic E-state index is 11.7. The number of methoxy groups -OCH3 is 1. The molecule has 5 nitrogen and oxygen atoms in total. The highest BCUT2D eigenvalue weighted by Gasteiger charge is 2.54. The molecule has 27 heavy (non-hydrogen) atoms. The van der Waals surface area contributed by atoms with E-state index in [1.807, 2.05) is 12.1 Å². The van der Waals surface area contributed by atoms with Gasteiger partial charge in [-0.15, -0.1) is 0 Å². The van der Waals surface area contributed by atoms with Crippen molar-refractivity contribution < 1.29 is 24.2 Å². The van der Waals surface area contributed by atoms with Crippen molar-refractivity contribution in [2.75, 3.05) is 7.11 Å². The number of aryl methyl sites for hydroxylation is 1. The van der Waals surface area contributed by atoms with Crippen LogP contribution in [0.5, 0.6) is 0 Å². The van der Waals surface area contributed by atoms with Crippen molar-refractivity contribution >= 4 is 35.1 Å². The normalized spacial score (nSPS) is 21.9. The van der Waals surface area contributed by atoms with E-state index >= 15 is 0 Å². The van der Waals surface area contributed by atoms with Crippen LogP contribution in [0.15, 0.2) is 18.2 Å². The Morgan fingerprint density at radius 1 is 1.22 bits per heavy atom. The molecule has 150 valence electrons. The highest BCUT2D eigenvalue weighted by molar-refractivity contribution is 6.35. The average molecular weight is 417 g/mol. The smallest absolute Gasteiger partial charge is 0.342 e. The van der Waals surface area contributed by atoms with E-state index in [0.29, 0.717) is 16.5 Å². The Morgan fingerprint density at radius 2 is 1.89 bits per heavy atom. The van der Waals surface area contributed by atoms with Crippen molar-refractivity contribution in [1.29, 1.82) is 0 Å². The summed E-state index contributed by atoms with van der Waals surface area (Å²) in [6, 6.07) is 5.59. The summed E-state index contributed by atoms with van der Waals surface area (Å²) in [4.78, 5) is 23.2.